The summed E-state index contributed by atoms with van der Waals surface area (Å²) in [7, 11) is -4.24. The van der Waals surface area contributed by atoms with Crippen LogP contribution in [0.3, 0.4) is 0 Å². The molecule has 0 bridgehead atoms. The van der Waals surface area contributed by atoms with Crippen molar-refractivity contribution in [2.75, 3.05) is 12.8 Å². The average molecular weight is 289 g/mol. The standard InChI is InChI=1S/C10H12NO7P/c12-9(5-11-6-19(15,16)17)18-8-4-2-1-3-7(8)10(13)14/h1-4,11H,5-6H2,(H,13,14)(H2,15,16,17). The van der Waals surface area contributed by atoms with Crippen molar-refractivity contribution in [2.24, 2.45) is 0 Å². The van der Waals surface area contributed by atoms with Crippen LogP contribution in [0.15, 0.2) is 24.3 Å². The maximum atomic E-state index is 11.3. The summed E-state index contributed by atoms with van der Waals surface area (Å²) < 4.78 is 15.3. The zero-order valence-electron chi connectivity index (χ0n) is 9.65. The Morgan fingerprint density at radius 3 is 2.47 bits per heavy atom. The van der Waals surface area contributed by atoms with Gasteiger partial charge >= 0.3 is 19.5 Å². The number of hydrogen-bond acceptors (Lipinski definition) is 5. The predicted octanol–water partition coefficient (Wildman–Crippen LogP) is 0.0150. The average Bonchev–Trinajstić information content (AvgIpc) is 2.27. The molecule has 0 radical (unpaired) electrons. The van der Waals surface area contributed by atoms with Crippen molar-refractivity contribution in [3.8, 4) is 5.75 Å². The van der Waals surface area contributed by atoms with E-state index in [-0.39, 0.29) is 11.3 Å². The van der Waals surface area contributed by atoms with E-state index in [1.54, 1.807) is 0 Å². The molecule has 0 amide bonds. The molecule has 0 heterocycles. The van der Waals surface area contributed by atoms with Gasteiger partial charge in [0, 0.05) is 0 Å². The van der Waals surface area contributed by atoms with Gasteiger partial charge in [0.1, 0.15) is 11.3 Å². The molecule has 0 saturated carbocycles. The van der Waals surface area contributed by atoms with Crippen LogP contribution in [0.1, 0.15) is 10.4 Å². The van der Waals surface area contributed by atoms with Crippen LogP contribution < -0.4 is 10.1 Å². The number of carboxylic acids is 1. The summed E-state index contributed by atoms with van der Waals surface area (Å²) in [6.07, 6.45) is -0.664. The molecule has 0 aliphatic heterocycles. The zero-order chi connectivity index (χ0) is 14.5. The van der Waals surface area contributed by atoms with Crippen molar-refractivity contribution in [3.05, 3.63) is 29.8 Å². The molecule has 0 fully saturated rings. The van der Waals surface area contributed by atoms with Gasteiger partial charge in [-0.2, -0.15) is 0 Å². The molecule has 0 unspecified atom stereocenters. The number of ether oxygens (including phenoxy) is 1. The second-order valence-electron chi connectivity index (χ2n) is 3.52. The van der Waals surface area contributed by atoms with Crippen molar-refractivity contribution in [1.82, 2.24) is 5.32 Å². The van der Waals surface area contributed by atoms with Gasteiger partial charge in [-0.05, 0) is 12.1 Å². The highest BCUT2D eigenvalue weighted by Gasteiger charge is 2.16. The molecule has 19 heavy (non-hydrogen) atoms. The van der Waals surface area contributed by atoms with E-state index in [1.807, 2.05) is 0 Å². The molecule has 0 saturated heterocycles. The van der Waals surface area contributed by atoms with Gasteiger partial charge in [0.15, 0.2) is 0 Å². The summed E-state index contributed by atoms with van der Waals surface area (Å²) in [6.45, 7) is -0.445. The van der Waals surface area contributed by atoms with Gasteiger partial charge in [0.2, 0.25) is 0 Å². The highest BCUT2D eigenvalue weighted by molar-refractivity contribution is 7.51. The predicted molar refractivity (Wildman–Crippen MR) is 64.0 cm³/mol. The van der Waals surface area contributed by atoms with Crippen LogP contribution >= 0.6 is 7.60 Å². The summed E-state index contributed by atoms with van der Waals surface area (Å²) in [5.41, 5.74) is -0.175. The number of carbonyl (C=O) groups excluding carboxylic acids is 1. The lowest BCUT2D eigenvalue weighted by Crippen LogP contribution is -2.27. The molecule has 0 spiro atoms. The molecule has 9 heteroatoms. The molecule has 0 aliphatic rings. The van der Waals surface area contributed by atoms with Gasteiger partial charge in [-0.1, -0.05) is 12.1 Å². The largest absolute Gasteiger partial charge is 0.478 e. The first kappa shape index (κ1) is 15.3. The van der Waals surface area contributed by atoms with E-state index in [4.69, 9.17) is 19.6 Å². The molecule has 1 rings (SSSR count). The van der Waals surface area contributed by atoms with Crippen molar-refractivity contribution < 1.29 is 33.8 Å². The summed E-state index contributed by atoms with van der Waals surface area (Å²) in [6, 6.07) is 5.56. The van der Waals surface area contributed by atoms with Crippen LogP contribution in [0.5, 0.6) is 5.75 Å². The first-order valence-corrected chi connectivity index (χ1v) is 6.87. The number of aromatic carboxylic acids is 1. The van der Waals surface area contributed by atoms with Gasteiger partial charge in [0.05, 0.1) is 12.8 Å². The number of carboxylic acid groups (broad SMARTS) is 1. The topological polar surface area (TPSA) is 133 Å². The molecule has 1 aromatic rings. The van der Waals surface area contributed by atoms with Gasteiger partial charge in [-0.3, -0.25) is 14.7 Å². The molecular formula is C10H12NO7P. The third-order valence-corrected chi connectivity index (χ3v) is 2.56. The Morgan fingerprint density at radius 2 is 1.89 bits per heavy atom. The fraction of sp³-hybridized carbons (Fsp3) is 0.200. The fourth-order valence-electron chi connectivity index (χ4n) is 1.19. The Hall–Kier alpha value is -1.73. The van der Waals surface area contributed by atoms with E-state index in [0.717, 1.165) is 0 Å². The number of hydrogen-bond donors (Lipinski definition) is 4. The van der Waals surface area contributed by atoms with Crippen LogP contribution in [0.4, 0.5) is 0 Å². The summed E-state index contributed by atoms with van der Waals surface area (Å²) in [4.78, 5) is 39.3. The fourth-order valence-corrected chi connectivity index (χ4v) is 1.60. The number of carbonyl (C=O) groups is 2. The maximum Gasteiger partial charge on any atom is 0.339 e. The summed E-state index contributed by atoms with van der Waals surface area (Å²) in [5.74, 6) is -2.22. The quantitative estimate of drug-likeness (QED) is 0.327. The third-order valence-electron chi connectivity index (χ3n) is 1.93. The lowest BCUT2D eigenvalue weighted by atomic mass is 10.2. The molecule has 1 aromatic carbocycles. The van der Waals surface area contributed by atoms with Crippen LogP contribution in [0.25, 0.3) is 0 Å². The Morgan fingerprint density at radius 1 is 1.26 bits per heavy atom. The number of benzene rings is 1. The highest BCUT2D eigenvalue weighted by Crippen LogP contribution is 2.31. The van der Waals surface area contributed by atoms with Gasteiger partial charge in [-0.25, -0.2) is 4.79 Å². The van der Waals surface area contributed by atoms with E-state index in [1.165, 1.54) is 24.3 Å². The van der Waals surface area contributed by atoms with Crippen LogP contribution in [-0.2, 0) is 9.36 Å². The molecule has 8 nitrogen and oxygen atoms in total. The number of para-hydroxylation sites is 1. The minimum absolute atomic E-state index is 0.127. The van der Waals surface area contributed by atoms with E-state index < -0.39 is 32.4 Å². The first-order chi connectivity index (χ1) is 8.79. The molecule has 0 aromatic heterocycles. The van der Waals surface area contributed by atoms with E-state index in [0.29, 0.717) is 0 Å². The highest BCUT2D eigenvalue weighted by atomic mass is 31.2. The Labute approximate surface area is 108 Å². The number of nitrogens with one attached hydrogen (secondary N) is 1. The Kier molecular flexibility index (Phi) is 5.20. The molecule has 0 aliphatic carbocycles. The van der Waals surface area contributed by atoms with Crippen molar-refractivity contribution >= 4 is 19.5 Å². The minimum Gasteiger partial charge on any atom is -0.478 e. The van der Waals surface area contributed by atoms with E-state index in [2.05, 4.69) is 5.32 Å². The monoisotopic (exact) mass is 289 g/mol. The lowest BCUT2D eigenvalue weighted by Gasteiger charge is -2.08. The summed E-state index contributed by atoms with van der Waals surface area (Å²) >= 11 is 0. The van der Waals surface area contributed by atoms with Crippen LogP contribution in [0.2, 0.25) is 0 Å². The van der Waals surface area contributed by atoms with Crippen molar-refractivity contribution in [3.63, 3.8) is 0 Å². The summed E-state index contributed by atoms with van der Waals surface area (Å²) in [5, 5.41) is 11.1. The van der Waals surface area contributed by atoms with Crippen LogP contribution in [0, 0.1) is 0 Å². The van der Waals surface area contributed by atoms with Gasteiger partial charge in [-0.15, -0.1) is 0 Å². The second-order valence-corrected chi connectivity index (χ2v) is 5.17. The lowest BCUT2D eigenvalue weighted by molar-refractivity contribution is -0.133. The third kappa shape index (κ3) is 5.62. The molecule has 0 atom stereocenters. The van der Waals surface area contributed by atoms with E-state index in [9.17, 15) is 14.2 Å². The van der Waals surface area contributed by atoms with Gasteiger partial charge < -0.3 is 19.6 Å². The van der Waals surface area contributed by atoms with Crippen molar-refractivity contribution in [1.29, 1.82) is 0 Å². The Balaban J connectivity index is 2.58. The zero-order valence-corrected chi connectivity index (χ0v) is 10.5. The number of rotatable bonds is 6. The maximum absolute atomic E-state index is 11.3. The second kappa shape index (κ2) is 6.44. The number of esters is 1. The SMILES string of the molecule is O=C(CNCP(=O)(O)O)Oc1ccccc1C(=O)O. The first-order valence-electron chi connectivity index (χ1n) is 5.08. The van der Waals surface area contributed by atoms with E-state index >= 15 is 0 Å². The van der Waals surface area contributed by atoms with Crippen molar-refractivity contribution in [2.45, 2.75) is 0 Å². The smallest absolute Gasteiger partial charge is 0.339 e. The molecule has 4 N–H and O–H groups in total. The minimum atomic E-state index is -4.24. The molecule has 104 valence electrons. The molecular weight excluding hydrogens is 277 g/mol. The van der Waals surface area contributed by atoms with Crippen LogP contribution in [-0.4, -0.2) is 39.7 Å². The Bertz CT molecular complexity index is 524. The van der Waals surface area contributed by atoms with Gasteiger partial charge in [0.25, 0.3) is 0 Å². The normalized spacial score (nSPS) is 11.1.